The number of anilines is 1. The summed E-state index contributed by atoms with van der Waals surface area (Å²) in [5, 5.41) is 5.50. The number of hydrogen-bond acceptors (Lipinski definition) is 5. The average molecular weight is 320 g/mol. The molecular weight excluding hydrogens is 300 g/mol. The molecule has 0 aromatic heterocycles. The number of amides is 2. The van der Waals surface area contributed by atoms with Gasteiger partial charge < -0.3 is 24.8 Å². The Morgan fingerprint density at radius 1 is 1.13 bits per heavy atom. The molecule has 7 nitrogen and oxygen atoms in total. The summed E-state index contributed by atoms with van der Waals surface area (Å²) in [4.78, 5) is 23.7. The first-order valence-corrected chi connectivity index (χ1v) is 7.81. The van der Waals surface area contributed by atoms with E-state index in [0.717, 1.165) is 12.8 Å². The molecule has 0 saturated carbocycles. The van der Waals surface area contributed by atoms with Gasteiger partial charge in [-0.15, -0.1) is 0 Å². The second kappa shape index (κ2) is 7.32. The Balaban J connectivity index is 1.43. The molecule has 23 heavy (non-hydrogen) atoms. The highest BCUT2D eigenvalue weighted by Crippen LogP contribution is 2.32. The van der Waals surface area contributed by atoms with Gasteiger partial charge in [0.05, 0.1) is 0 Å². The van der Waals surface area contributed by atoms with Gasteiger partial charge in [0, 0.05) is 31.3 Å². The molecule has 2 N–H and O–H groups in total. The molecule has 1 aromatic rings. The molecular formula is C16H20N2O5. The number of rotatable bonds is 5. The third-order valence-corrected chi connectivity index (χ3v) is 3.70. The van der Waals surface area contributed by atoms with E-state index in [9.17, 15) is 9.59 Å². The Kier molecular flexibility index (Phi) is 4.97. The normalized spacial score (nSPS) is 19.2. The maximum absolute atomic E-state index is 11.9. The van der Waals surface area contributed by atoms with Crippen LogP contribution < -0.4 is 20.1 Å². The van der Waals surface area contributed by atoms with Gasteiger partial charge in [-0.1, -0.05) is 0 Å². The maximum Gasteiger partial charge on any atom is 0.249 e. The second-order valence-corrected chi connectivity index (χ2v) is 5.45. The Morgan fingerprint density at radius 2 is 1.96 bits per heavy atom. The van der Waals surface area contributed by atoms with Crippen LogP contribution in [0.1, 0.15) is 19.3 Å². The minimum absolute atomic E-state index is 0.144. The molecule has 1 atom stereocenters. The van der Waals surface area contributed by atoms with Crippen molar-refractivity contribution >= 4 is 17.5 Å². The fourth-order valence-corrected chi connectivity index (χ4v) is 2.54. The van der Waals surface area contributed by atoms with E-state index in [1.807, 2.05) is 0 Å². The zero-order chi connectivity index (χ0) is 16.1. The summed E-state index contributed by atoms with van der Waals surface area (Å²) in [6.07, 6.45) is 1.49. The Bertz CT molecular complexity index is 584. The zero-order valence-electron chi connectivity index (χ0n) is 12.8. The van der Waals surface area contributed by atoms with Crippen molar-refractivity contribution in [2.24, 2.45) is 0 Å². The molecule has 2 aliphatic rings. The minimum atomic E-state index is -0.365. The predicted molar refractivity (Wildman–Crippen MR) is 82.7 cm³/mol. The van der Waals surface area contributed by atoms with Crippen LogP contribution >= 0.6 is 0 Å². The lowest BCUT2D eigenvalue weighted by Gasteiger charge is -2.19. The van der Waals surface area contributed by atoms with E-state index in [-0.39, 0.29) is 30.9 Å². The van der Waals surface area contributed by atoms with Gasteiger partial charge in [-0.2, -0.15) is 0 Å². The second-order valence-electron chi connectivity index (χ2n) is 5.45. The van der Waals surface area contributed by atoms with Crippen LogP contribution in [0.2, 0.25) is 0 Å². The van der Waals surface area contributed by atoms with Gasteiger partial charge in [0.15, 0.2) is 11.5 Å². The fourth-order valence-electron chi connectivity index (χ4n) is 2.54. The largest absolute Gasteiger partial charge is 0.486 e. The first kappa shape index (κ1) is 15.6. The molecule has 2 heterocycles. The van der Waals surface area contributed by atoms with Crippen molar-refractivity contribution in [2.45, 2.75) is 25.4 Å². The Hall–Kier alpha value is -2.28. The van der Waals surface area contributed by atoms with Crippen molar-refractivity contribution in [2.75, 3.05) is 31.7 Å². The molecule has 0 aliphatic carbocycles. The number of carbonyl (C=O) groups excluding carboxylic acids is 2. The molecule has 0 spiro atoms. The van der Waals surface area contributed by atoms with Crippen molar-refractivity contribution in [1.82, 2.24) is 5.32 Å². The summed E-state index contributed by atoms with van der Waals surface area (Å²) >= 11 is 0. The topological polar surface area (TPSA) is 85.9 Å². The smallest absolute Gasteiger partial charge is 0.249 e. The van der Waals surface area contributed by atoms with Gasteiger partial charge in [-0.3, -0.25) is 9.59 Å². The number of nitrogens with one attached hydrogen (secondary N) is 2. The quantitative estimate of drug-likeness (QED) is 0.848. The fraction of sp³-hybridized carbons (Fsp3) is 0.500. The SMILES string of the molecule is O=C(CCNC(=O)C1CCCO1)Nc1ccc2c(c1)OCCO2. The standard InChI is InChI=1S/C16H20N2O5/c19-15(5-6-17-16(20)13-2-1-7-21-13)18-11-3-4-12-14(10-11)23-9-8-22-12/h3-4,10,13H,1-2,5-9H2,(H,17,20)(H,18,19). The highest BCUT2D eigenvalue weighted by Gasteiger charge is 2.23. The number of ether oxygens (including phenoxy) is 3. The first-order valence-electron chi connectivity index (χ1n) is 7.81. The molecule has 124 valence electrons. The molecule has 0 radical (unpaired) electrons. The minimum Gasteiger partial charge on any atom is -0.486 e. The number of fused-ring (bicyclic) bond motifs is 1. The summed E-state index contributed by atoms with van der Waals surface area (Å²) < 4.78 is 16.2. The van der Waals surface area contributed by atoms with E-state index >= 15 is 0 Å². The highest BCUT2D eigenvalue weighted by molar-refractivity contribution is 5.91. The third kappa shape index (κ3) is 4.13. The lowest BCUT2D eigenvalue weighted by atomic mass is 10.2. The lowest BCUT2D eigenvalue weighted by Crippen LogP contribution is -2.35. The van der Waals surface area contributed by atoms with E-state index in [0.29, 0.717) is 37.0 Å². The molecule has 2 aliphatic heterocycles. The summed E-state index contributed by atoms with van der Waals surface area (Å²) in [5.41, 5.74) is 0.643. The van der Waals surface area contributed by atoms with Gasteiger partial charge in [0.25, 0.3) is 0 Å². The summed E-state index contributed by atoms with van der Waals surface area (Å²) in [7, 11) is 0. The van der Waals surface area contributed by atoms with Crippen LogP contribution in [0.25, 0.3) is 0 Å². The lowest BCUT2D eigenvalue weighted by molar-refractivity contribution is -0.130. The van der Waals surface area contributed by atoms with Gasteiger partial charge >= 0.3 is 0 Å². The van der Waals surface area contributed by atoms with Crippen molar-refractivity contribution in [1.29, 1.82) is 0 Å². The number of carbonyl (C=O) groups is 2. The van der Waals surface area contributed by atoms with E-state index in [1.54, 1.807) is 18.2 Å². The van der Waals surface area contributed by atoms with E-state index in [2.05, 4.69) is 10.6 Å². The van der Waals surface area contributed by atoms with Crippen LogP contribution in [0.5, 0.6) is 11.5 Å². The van der Waals surface area contributed by atoms with Crippen LogP contribution in [0, 0.1) is 0 Å². The number of benzene rings is 1. The van der Waals surface area contributed by atoms with Gasteiger partial charge in [-0.25, -0.2) is 0 Å². The van der Waals surface area contributed by atoms with Crippen LogP contribution in [-0.2, 0) is 14.3 Å². The van der Waals surface area contributed by atoms with Gasteiger partial charge in [0.1, 0.15) is 19.3 Å². The van der Waals surface area contributed by atoms with Crippen molar-refractivity contribution in [3.63, 3.8) is 0 Å². The average Bonchev–Trinajstić information content (AvgIpc) is 3.09. The summed E-state index contributed by atoms with van der Waals surface area (Å²) in [6.45, 7) is 1.94. The predicted octanol–water partition coefficient (Wildman–Crippen LogP) is 1.08. The molecule has 0 bridgehead atoms. The highest BCUT2D eigenvalue weighted by atomic mass is 16.6. The Morgan fingerprint density at radius 3 is 2.74 bits per heavy atom. The van der Waals surface area contributed by atoms with Crippen LogP contribution in [0.3, 0.4) is 0 Å². The van der Waals surface area contributed by atoms with Crippen LogP contribution in [0.15, 0.2) is 18.2 Å². The van der Waals surface area contributed by atoms with Crippen LogP contribution in [0.4, 0.5) is 5.69 Å². The molecule has 1 fully saturated rings. The van der Waals surface area contributed by atoms with Crippen LogP contribution in [-0.4, -0.2) is 44.3 Å². The molecule has 1 saturated heterocycles. The summed E-state index contributed by atoms with van der Waals surface area (Å²) in [5.74, 6) is 0.989. The summed E-state index contributed by atoms with van der Waals surface area (Å²) in [6, 6.07) is 5.26. The van der Waals surface area contributed by atoms with E-state index in [1.165, 1.54) is 0 Å². The van der Waals surface area contributed by atoms with E-state index in [4.69, 9.17) is 14.2 Å². The third-order valence-electron chi connectivity index (χ3n) is 3.70. The van der Waals surface area contributed by atoms with Gasteiger partial charge in [0.2, 0.25) is 11.8 Å². The molecule has 7 heteroatoms. The molecule has 1 unspecified atom stereocenters. The maximum atomic E-state index is 11.9. The van der Waals surface area contributed by atoms with Crippen molar-refractivity contribution in [3.05, 3.63) is 18.2 Å². The Labute approximate surface area is 134 Å². The van der Waals surface area contributed by atoms with E-state index < -0.39 is 0 Å². The molecule has 1 aromatic carbocycles. The van der Waals surface area contributed by atoms with Crippen molar-refractivity contribution in [3.8, 4) is 11.5 Å². The molecule has 3 rings (SSSR count). The van der Waals surface area contributed by atoms with Crippen molar-refractivity contribution < 1.29 is 23.8 Å². The van der Waals surface area contributed by atoms with Gasteiger partial charge in [-0.05, 0) is 25.0 Å². The zero-order valence-corrected chi connectivity index (χ0v) is 12.8. The monoisotopic (exact) mass is 320 g/mol. The molecule has 2 amide bonds. The number of hydrogen-bond donors (Lipinski definition) is 2. The first-order chi connectivity index (χ1) is 11.2.